The van der Waals surface area contributed by atoms with Gasteiger partial charge in [-0.15, -0.1) is 0 Å². The van der Waals surface area contributed by atoms with Gasteiger partial charge < -0.3 is 29.2 Å². The Hall–Kier alpha value is -2.81. The van der Waals surface area contributed by atoms with E-state index in [1.807, 2.05) is 42.5 Å². The van der Waals surface area contributed by atoms with Gasteiger partial charge in [-0.2, -0.15) is 0 Å². The fourth-order valence-corrected chi connectivity index (χ4v) is 2.70. The third kappa shape index (κ3) is 12.1. The molecule has 0 saturated heterocycles. The molecule has 0 unspecified atom stereocenters. The molecule has 0 aromatic heterocycles. The molecule has 0 heterocycles. The highest BCUT2D eigenvalue weighted by Crippen LogP contribution is 2.27. The highest BCUT2D eigenvalue weighted by molar-refractivity contribution is 6.30. The number of hydrogen-bond donors (Lipinski definition) is 2. The first-order valence-corrected chi connectivity index (χ1v) is 10.3. The molecule has 0 fully saturated rings. The molecule has 8 nitrogen and oxygen atoms in total. The van der Waals surface area contributed by atoms with E-state index in [1.54, 1.807) is 14.2 Å². The third-order valence-corrected chi connectivity index (χ3v) is 4.35. The maximum atomic E-state index is 10.2. The fourth-order valence-electron chi connectivity index (χ4n) is 2.57. The van der Waals surface area contributed by atoms with Crippen molar-refractivity contribution in [1.82, 2.24) is 0 Å². The molecule has 2 aromatic carbocycles. The van der Waals surface area contributed by atoms with Gasteiger partial charge in [-0.3, -0.25) is 0 Å². The second kappa shape index (κ2) is 15.9. The number of rotatable bonds is 13. The summed E-state index contributed by atoms with van der Waals surface area (Å²) in [5, 5.41) is 17.4. The number of benzene rings is 2. The normalized spacial score (nSPS) is 10.1. The minimum Gasteiger partial charge on any atom is -0.493 e. The summed E-state index contributed by atoms with van der Waals surface area (Å²) in [5.41, 5.74) is 2.19. The van der Waals surface area contributed by atoms with Gasteiger partial charge in [-0.05, 0) is 54.7 Å². The molecular formula is C23H29ClO8. The first kappa shape index (κ1) is 27.2. The molecule has 0 atom stereocenters. The molecule has 0 bridgehead atoms. The molecule has 0 spiro atoms. The largest absolute Gasteiger partial charge is 0.493 e. The quantitative estimate of drug-likeness (QED) is 0.428. The smallest absolute Gasteiger partial charge is 0.329 e. The van der Waals surface area contributed by atoms with Crippen LogP contribution in [0, 0.1) is 0 Å². The predicted molar refractivity (Wildman–Crippen MR) is 120 cm³/mol. The average Bonchev–Trinajstić information content (AvgIpc) is 2.77. The van der Waals surface area contributed by atoms with Crippen molar-refractivity contribution >= 4 is 23.5 Å². The predicted octanol–water partition coefficient (Wildman–Crippen LogP) is 3.72. The van der Waals surface area contributed by atoms with Crippen molar-refractivity contribution in [2.75, 3.05) is 40.6 Å². The Morgan fingerprint density at radius 2 is 1.34 bits per heavy atom. The van der Waals surface area contributed by atoms with Gasteiger partial charge in [0.15, 0.2) is 11.5 Å². The van der Waals surface area contributed by atoms with Crippen LogP contribution in [0.2, 0.25) is 5.02 Å². The topological polar surface area (TPSA) is 112 Å². The molecule has 0 radical (unpaired) electrons. The summed E-state index contributed by atoms with van der Waals surface area (Å²) in [6.07, 6.45) is 2.32. The van der Waals surface area contributed by atoms with Gasteiger partial charge in [0.25, 0.3) is 0 Å². The van der Waals surface area contributed by atoms with Crippen LogP contribution in [0.3, 0.4) is 0 Å². The number of carboxylic acid groups (broad SMARTS) is 2. The SMILES string of the molecule is COc1ccc(CCOCC(=O)O)cc1OC.O=C(O)COCCCc1ccc(Cl)cc1. The minimum absolute atomic E-state index is 0.222. The van der Waals surface area contributed by atoms with Crippen molar-refractivity contribution in [2.24, 2.45) is 0 Å². The van der Waals surface area contributed by atoms with Gasteiger partial charge in [0, 0.05) is 11.6 Å². The van der Waals surface area contributed by atoms with Gasteiger partial charge in [0.1, 0.15) is 13.2 Å². The van der Waals surface area contributed by atoms with Gasteiger partial charge in [-0.1, -0.05) is 29.8 Å². The number of aliphatic carboxylic acids is 2. The number of carboxylic acids is 2. The van der Waals surface area contributed by atoms with Crippen LogP contribution in [0.15, 0.2) is 42.5 Å². The molecular weight excluding hydrogens is 440 g/mol. The maximum Gasteiger partial charge on any atom is 0.329 e. The molecule has 0 aliphatic rings. The molecule has 2 aromatic rings. The fraction of sp³-hybridized carbons (Fsp3) is 0.391. The van der Waals surface area contributed by atoms with Crippen LogP contribution in [0.25, 0.3) is 0 Å². The van der Waals surface area contributed by atoms with Gasteiger partial charge in [0.2, 0.25) is 0 Å². The number of hydrogen-bond acceptors (Lipinski definition) is 6. The van der Waals surface area contributed by atoms with Gasteiger partial charge >= 0.3 is 11.9 Å². The Labute approximate surface area is 192 Å². The number of carbonyl (C=O) groups is 2. The maximum absolute atomic E-state index is 10.2. The number of halogens is 1. The zero-order chi connectivity index (χ0) is 23.8. The van der Waals surface area contributed by atoms with Gasteiger partial charge in [0.05, 0.1) is 20.8 Å². The van der Waals surface area contributed by atoms with Crippen LogP contribution >= 0.6 is 11.6 Å². The molecule has 9 heteroatoms. The molecule has 0 amide bonds. The molecule has 2 N–H and O–H groups in total. The van der Waals surface area contributed by atoms with Crippen molar-refractivity contribution < 1.29 is 38.7 Å². The Kier molecular flexibility index (Phi) is 13.5. The van der Waals surface area contributed by atoms with Crippen LogP contribution in [-0.4, -0.2) is 62.8 Å². The summed E-state index contributed by atoms with van der Waals surface area (Å²) < 4.78 is 20.1. The van der Waals surface area contributed by atoms with E-state index < -0.39 is 11.9 Å². The lowest BCUT2D eigenvalue weighted by molar-refractivity contribution is -0.143. The van der Waals surface area contributed by atoms with Gasteiger partial charge in [-0.25, -0.2) is 9.59 Å². The summed E-state index contributed by atoms with van der Waals surface area (Å²) in [6, 6.07) is 13.2. The standard InChI is InChI=1S/C12H16O5.C11H13ClO3/c1-15-10-4-3-9(7-11(10)16-2)5-6-17-8-12(13)14;12-10-5-3-9(4-6-10)2-1-7-15-8-11(13)14/h3-4,7H,5-6,8H2,1-2H3,(H,13,14);3-6H,1-2,7-8H2,(H,13,14). The minimum atomic E-state index is -0.961. The molecule has 0 saturated carbocycles. The Bertz CT molecular complexity index is 823. The van der Waals surface area contributed by atoms with E-state index in [9.17, 15) is 9.59 Å². The van der Waals surface area contributed by atoms with Crippen molar-refractivity contribution in [3.05, 3.63) is 58.6 Å². The van der Waals surface area contributed by atoms with Crippen molar-refractivity contribution in [2.45, 2.75) is 19.3 Å². The zero-order valence-corrected chi connectivity index (χ0v) is 19.0. The van der Waals surface area contributed by atoms with E-state index in [2.05, 4.69) is 0 Å². The highest BCUT2D eigenvalue weighted by Gasteiger charge is 2.05. The van der Waals surface area contributed by atoms with E-state index in [0.717, 1.165) is 23.4 Å². The van der Waals surface area contributed by atoms with E-state index in [1.165, 1.54) is 5.56 Å². The summed E-state index contributed by atoms with van der Waals surface area (Å²) in [7, 11) is 3.15. The summed E-state index contributed by atoms with van der Waals surface area (Å²) in [6.45, 7) is 0.338. The van der Waals surface area contributed by atoms with E-state index in [0.29, 0.717) is 31.1 Å². The van der Waals surface area contributed by atoms with Crippen LogP contribution in [0.5, 0.6) is 11.5 Å². The molecule has 2 rings (SSSR count). The van der Waals surface area contributed by atoms with E-state index in [4.69, 9.17) is 40.8 Å². The van der Waals surface area contributed by atoms with Crippen LogP contribution in [0.4, 0.5) is 0 Å². The second-order valence-electron chi connectivity index (χ2n) is 6.56. The monoisotopic (exact) mass is 468 g/mol. The van der Waals surface area contributed by atoms with Crippen molar-refractivity contribution in [1.29, 1.82) is 0 Å². The molecule has 0 aliphatic heterocycles. The Morgan fingerprint density at radius 3 is 1.91 bits per heavy atom. The summed E-state index contributed by atoms with van der Waals surface area (Å²) >= 11 is 5.74. The molecule has 176 valence electrons. The van der Waals surface area contributed by atoms with Crippen molar-refractivity contribution in [3.63, 3.8) is 0 Å². The third-order valence-electron chi connectivity index (χ3n) is 4.10. The van der Waals surface area contributed by atoms with Crippen LogP contribution in [-0.2, 0) is 31.9 Å². The highest BCUT2D eigenvalue weighted by atomic mass is 35.5. The first-order chi connectivity index (χ1) is 15.3. The van der Waals surface area contributed by atoms with Crippen molar-refractivity contribution in [3.8, 4) is 11.5 Å². The first-order valence-electron chi connectivity index (χ1n) is 9.90. The van der Waals surface area contributed by atoms with Crippen LogP contribution < -0.4 is 9.47 Å². The van der Waals surface area contributed by atoms with Crippen LogP contribution in [0.1, 0.15) is 17.5 Å². The number of methoxy groups -OCH3 is 2. The number of ether oxygens (including phenoxy) is 4. The Balaban J connectivity index is 0.000000323. The van der Waals surface area contributed by atoms with E-state index in [-0.39, 0.29) is 13.2 Å². The average molecular weight is 469 g/mol. The zero-order valence-electron chi connectivity index (χ0n) is 18.2. The molecule has 32 heavy (non-hydrogen) atoms. The second-order valence-corrected chi connectivity index (χ2v) is 7.00. The van der Waals surface area contributed by atoms with E-state index >= 15 is 0 Å². The lowest BCUT2D eigenvalue weighted by Crippen LogP contribution is -2.09. The Morgan fingerprint density at radius 1 is 0.781 bits per heavy atom. The lowest BCUT2D eigenvalue weighted by atomic mass is 10.1. The summed E-state index contributed by atoms with van der Waals surface area (Å²) in [4.78, 5) is 20.4. The summed E-state index contributed by atoms with van der Waals surface area (Å²) in [5.74, 6) is -0.565. The number of aryl methyl sites for hydroxylation is 1. The molecule has 0 aliphatic carbocycles. The lowest BCUT2D eigenvalue weighted by Gasteiger charge is -2.09.